The zero-order chi connectivity index (χ0) is 20.1. The predicted molar refractivity (Wildman–Crippen MR) is 113 cm³/mol. The van der Waals surface area contributed by atoms with Crippen LogP contribution in [-0.2, 0) is 27.2 Å². The van der Waals surface area contributed by atoms with Gasteiger partial charge >= 0.3 is 0 Å². The minimum Gasteiger partial charge on any atom is -0.383 e. The standard InChI is InChI=1S/C19H27N3O4S2/c1-4-14-12(2)28-17-16(14)18(24)22(10-13-6-5-8-26-13)19(21-17)27-11-15(23)20-7-9-25-3/h13H,4-11H2,1-3H3,(H,20,23)/t13-/m0/s1. The second-order valence-electron chi connectivity index (χ2n) is 6.75. The first kappa shape index (κ1) is 21.3. The van der Waals surface area contributed by atoms with Crippen LogP contribution in [0.3, 0.4) is 0 Å². The highest BCUT2D eigenvalue weighted by Gasteiger charge is 2.23. The zero-order valence-electron chi connectivity index (χ0n) is 16.6. The third-order valence-corrected chi connectivity index (χ3v) is 6.82. The van der Waals surface area contributed by atoms with Gasteiger partial charge in [-0.05, 0) is 31.7 Å². The van der Waals surface area contributed by atoms with E-state index in [2.05, 4.69) is 12.2 Å². The van der Waals surface area contributed by atoms with E-state index in [1.165, 1.54) is 11.8 Å². The second kappa shape index (κ2) is 9.87. The van der Waals surface area contributed by atoms with E-state index in [-0.39, 0.29) is 23.3 Å². The Hall–Kier alpha value is -1.42. The number of rotatable bonds is 9. The van der Waals surface area contributed by atoms with Crippen LogP contribution in [0.2, 0.25) is 0 Å². The number of nitrogens with zero attached hydrogens (tertiary/aromatic N) is 2. The molecule has 3 rings (SSSR count). The Bertz CT molecular complexity index is 887. The largest absolute Gasteiger partial charge is 0.383 e. The monoisotopic (exact) mass is 425 g/mol. The van der Waals surface area contributed by atoms with Crippen molar-refractivity contribution in [2.24, 2.45) is 0 Å². The van der Waals surface area contributed by atoms with E-state index >= 15 is 0 Å². The number of ether oxygens (including phenoxy) is 2. The van der Waals surface area contributed by atoms with Crippen LogP contribution in [0.4, 0.5) is 0 Å². The smallest absolute Gasteiger partial charge is 0.263 e. The molecule has 1 aliphatic heterocycles. The minimum atomic E-state index is -0.100. The average Bonchev–Trinajstić information content (AvgIpc) is 3.29. The van der Waals surface area contributed by atoms with Gasteiger partial charge in [-0.2, -0.15) is 0 Å². The highest BCUT2D eigenvalue weighted by molar-refractivity contribution is 7.99. The molecule has 0 aromatic carbocycles. The Kier molecular flexibility index (Phi) is 7.50. The number of amides is 1. The number of carbonyl (C=O) groups excluding carboxylic acids is 1. The summed E-state index contributed by atoms with van der Waals surface area (Å²) in [6.45, 7) is 6.24. The molecule has 2 aromatic rings. The molecule has 0 bridgehead atoms. The van der Waals surface area contributed by atoms with E-state index in [4.69, 9.17) is 14.5 Å². The lowest BCUT2D eigenvalue weighted by molar-refractivity contribution is -0.118. The van der Waals surface area contributed by atoms with Gasteiger partial charge in [0.05, 0.1) is 30.4 Å². The van der Waals surface area contributed by atoms with Crippen molar-refractivity contribution >= 4 is 39.2 Å². The first-order valence-corrected chi connectivity index (χ1v) is 11.4. The third kappa shape index (κ3) is 4.76. The van der Waals surface area contributed by atoms with Gasteiger partial charge in [0.2, 0.25) is 5.91 Å². The summed E-state index contributed by atoms with van der Waals surface area (Å²) in [5.74, 6) is 0.106. The Balaban J connectivity index is 1.90. The number of fused-ring (bicyclic) bond motifs is 1. The highest BCUT2D eigenvalue weighted by Crippen LogP contribution is 2.30. The first-order chi connectivity index (χ1) is 13.5. The third-order valence-electron chi connectivity index (χ3n) is 4.80. The molecule has 1 aliphatic rings. The molecule has 0 aliphatic carbocycles. The SMILES string of the molecule is CCc1c(C)sc2nc(SCC(=O)NCCOC)n(C[C@@H]3CCCO3)c(=O)c12. The van der Waals surface area contributed by atoms with Crippen molar-refractivity contribution < 1.29 is 14.3 Å². The van der Waals surface area contributed by atoms with Gasteiger partial charge in [-0.3, -0.25) is 14.2 Å². The Labute approximate surface area is 172 Å². The maximum absolute atomic E-state index is 13.3. The number of methoxy groups -OCH3 is 1. The summed E-state index contributed by atoms with van der Waals surface area (Å²) in [4.78, 5) is 32.0. The van der Waals surface area contributed by atoms with Crippen LogP contribution >= 0.6 is 23.1 Å². The number of nitrogens with one attached hydrogen (secondary N) is 1. The van der Waals surface area contributed by atoms with E-state index in [1.54, 1.807) is 23.0 Å². The molecule has 1 saturated heterocycles. The van der Waals surface area contributed by atoms with Gasteiger partial charge in [-0.15, -0.1) is 11.3 Å². The van der Waals surface area contributed by atoms with Crippen molar-refractivity contribution in [2.45, 2.75) is 50.9 Å². The van der Waals surface area contributed by atoms with Crippen molar-refractivity contribution in [3.8, 4) is 0 Å². The van der Waals surface area contributed by atoms with E-state index in [0.29, 0.717) is 24.9 Å². The van der Waals surface area contributed by atoms with Crippen LogP contribution in [0, 0.1) is 6.92 Å². The Morgan fingerprint density at radius 3 is 3.00 bits per heavy atom. The van der Waals surface area contributed by atoms with Gasteiger partial charge in [0, 0.05) is 25.1 Å². The summed E-state index contributed by atoms with van der Waals surface area (Å²) in [6.07, 6.45) is 2.78. The molecular weight excluding hydrogens is 398 g/mol. The van der Waals surface area contributed by atoms with Crippen molar-refractivity contribution in [1.29, 1.82) is 0 Å². The number of thioether (sulfide) groups is 1. The van der Waals surface area contributed by atoms with Crippen LogP contribution in [0.1, 0.15) is 30.2 Å². The lowest BCUT2D eigenvalue weighted by Crippen LogP contribution is -2.31. The van der Waals surface area contributed by atoms with Gasteiger partial charge in [0.25, 0.3) is 5.56 Å². The van der Waals surface area contributed by atoms with Crippen LogP contribution in [0.5, 0.6) is 0 Å². The van der Waals surface area contributed by atoms with Crippen molar-refractivity contribution in [2.75, 3.05) is 32.6 Å². The fraction of sp³-hybridized carbons (Fsp3) is 0.632. The summed E-state index contributed by atoms with van der Waals surface area (Å²) in [6, 6.07) is 0. The molecule has 1 atom stereocenters. The predicted octanol–water partition coefficient (Wildman–Crippen LogP) is 2.36. The Morgan fingerprint density at radius 1 is 1.50 bits per heavy atom. The highest BCUT2D eigenvalue weighted by atomic mass is 32.2. The topological polar surface area (TPSA) is 82.4 Å². The number of carbonyl (C=O) groups is 1. The summed E-state index contributed by atoms with van der Waals surface area (Å²) in [5.41, 5.74) is 1.05. The lowest BCUT2D eigenvalue weighted by Gasteiger charge is -2.16. The van der Waals surface area contributed by atoms with E-state index in [0.717, 1.165) is 46.5 Å². The molecule has 0 saturated carbocycles. The fourth-order valence-electron chi connectivity index (χ4n) is 3.39. The molecular formula is C19H27N3O4S2. The van der Waals surface area contributed by atoms with Gasteiger partial charge in [0.1, 0.15) is 4.83 Å². The van der Waals surface area contributed by atoms with Crippen LogP contribution < -0.4 is 10.9 Å². The van der Waals surface area contributed by atoms with Crippen molar-refractivity contribution in [1.82, 2.24) is 14.9 Å². The molecule has 3 heterocycles. The second-order valence-corrected chi connectivity index (χ2v) is 8.89. The number of aryl methyl sites for hydroxylation is 2. The van der Waals surface area contributed by atoms with Gasteiger partial charge in [-0.25, -0.2) is 4.98 Å². The van der Waals surface area contributed by atoms with E-state index in [9.17, 15) is 9.59 Å². The molecule has 28 heavy (non-hydrogen) atoms. The molecule has 9 heteroatoms. The minimum absolute atomic E-state index is 0.0241. The van der Waals surface area contributed by atoms with Crippen LogP contribution in [0.25, 0.3) is 10.2 Å². The van der Waals surface area contributed by atoms with E-state index < -0.39 is 0 Å². The van der Waals surface area contributed by atoms with Gasteiger partial charge < -0.3 is 14.8 Å². The van der Waals surface area contributed by atoms with E-state index in [1.807, 2.05) is 6.92 Å². The van der Waals surface area contributed by atoms with Gasteiger partial charge in [0.15, 0.2) is 5.16 Å². The summed E-state index contributed by atoms with van der Waals surface area (Å²) in [5, 5.41) is 4.10. The number of hydrogen-bond donors (Lipinski definition) is 1. The maximum Gasteiger partial charge on any atom is 0.263 e. The lowest BCUT2D eigenvalue weighted by atomic mass is 10.1. The molecule has 1 N–H and O–H groups in total. The summed E-state index contributed by atoms with van der Waals surface area (Å²) in [7, 11) is 1.59. The number of hydrogen-bond acceptors (Lipinski definition) is 7. The fourth-order valence-corrected chi connectivity index (χ4v) is 5.39. The molecule has 0 unspecified atom stereocenters. The molecule has 1 amide bonds. The maximum atomic E-state index is 13.3. The molecule has 0 radical (unpaired) electrons. The average molecular weight is 426 g/mol. The van der Waals surface area contributed by atoms with Crippen LogP contribution in [0.15, 0.2) is 9.95 Å². The normalized spacial score (nSPS) is 16.8. The number of aromatic nitrogens is 2. The molecule has 2 aromatic heterocycles. The molecule has 0 spiro atoms. The first-order valence-electron chi connectivity index (χ1n) is 9.58. The van der Waals surface area contributed by atoms with Crippen molar-refractivity contribution in [3.05, 3.63) is 20.8 Å². The molecule has 7 nitrogen and oxygen atoms in total. The quantitative estimate of drug-likeness (QED) is 0.377. The Morgan fingerprint density at radius 2 is 2.32 bits per heavy atom. The summed E-state index contributed by atoms with van der Waals surface area (Å²) >= 11 is 2.85. The number of thiophene rings is 1. The van der Waals surface area contributed by atoms with Gasteiger partial charge in [-0.1, -0.05) is 18.7 Å². The molecule has 154 valence electrons. The summed E-state index contributed by atoms with van der Waals surface area (Å²) < 4.78 is 12.4. The zero-order valence-corrected chi connectivity index (χ0v) is 18.2. The van der Waals surface area contributed by atoms with Crippen LogP contribution in [-0.4, -0.2) is 54.2 Å². The van der Waals surface area contributed by atoms with Crippen molar-refractivity contribution in [3.63, 3.8) is 0 Å². The molecule has 1 fully saturated rings.